The number of hydrogen-bond acceptors (Lipinski definition) is 4. The third-order valence-corrected chi connectivity index (χ3v) is 8.11. The highest BCUT2D eigenvalue weighted by Gasteiger charge is 2.30. The van der Waals surface area contributed by atoms with Crippen LogP contribution in [-0.2, 0) is 6.54 Å². The Morgan fingerprint density at radius 3 is 2.15 bits per heavy atom. The van der Waals surface area contributed by atoms with Crippen LogP contribution in [0.25, 0.3) is 16.5 Å². The average molecular weight is 555 g/mol. The molecule has 5 rings (SSSR count). The van der Waals surface area contributed by atoms with Crippen molar-refractivity contribution in [2.75, 3.05) is 26.2 Å². The van der Waals surface area contributed by atoms with Crippen molar-refractivity contribution in [2.45, 2.75) is 52.2 Å². The molecule has 6 nitrogen and oxygen atoms in total. The minimum atomic E-state index is -0.633. The maximum Gasteiger partial charge on any atom is 0.266 e. The lowest BCUT2D eigenvalue weighted by molar-refractivity contribution is 0.0581. The Morgan fingerprint density at radius 1 is 0.902 bits per heavy atom. The molecule has 1 amide bonds. The molecule has 1 fully saturated rings. The standard InChI is InChI=1S/C34H39FN4O2/c1-5-28(24-13-8-6-9-14-24)36-32(40)31-26-17-12-18-27(35)30(26)33(41)39(25-15-10-7-11-16-25)29(31)23-37-19-21-38(22-20-37)34(2,3)4/h6-18,28H,5,19-23H2,1-4H3,(H,36,40)/t28-/m0/s1. The van der Waals surface area contributed by atoms with E-state index in [0.29, 0.717) is 35.3 Å². The molecule has 0 bridgehead atoms. The number of para-hydroxylation sites is 1. The van der Waals surface area contributed by atoms with Crippen molar-refractivity contribution in [1.29, 1.82) is 0 Å². The van der Waals surface area contributed by atoms with Gasteiger partial charge in [-0.15, -0.1) is 0 Å². The number of rotatable bonds is 7. The minimum Gasteiger partial charge on any atom is -0.345 e. The van der Waals surface area contributed by atoms with E-state index < -0.39 is 11.4 Å². The van der Waals surface area contributed by atoms with Crippen LogP contribution in [0.1, 0.15) is 61.8 Å². The van der Waals surface area contributed by atoms with Gasteiger partial charge in [-0.1, -0.05) is 67.6 Å². The molecule has 41 heavy (non-hydrogen) atoms. The number of piperazine rings is 1. The van der Waals surface area contributed by atoms with Gasteiger partial charge in [-0.05, 0) is 51.0 Å². The molecule has 2 heterocycles. The van der Waals surface area contributed by atoms with Gasteiger partial charge < -0.3 is 5.32 Å². The van der Waals surface area contributed by atoms with Gasteiger partial charge in [-0.25, -0.2) is 4.39 Å². The fourth-order valence-electron chi connectivity index (χ4n) is 5.83. The summed E-state index contributed by atoms with van der Waals surface area (Å²) in [5.74, 6) is -0.948. The highest BCUT2D eigenvalue weighted by atomic mass is 19.1. The Balaban J connectivity index is 1.67. The number of pyridine rings is 1. The Morgan fingerprint density at radius 2 is 1.54 bits per heavy atom. The molecule has 4 aromatic rings. The lowest BCUT2D eigenvalue weighted by Crippen LogP contribution is -2.53. The van der Waals surface area contributed by atoms with E-state index in [-0.39, 0.29) is 22.9 Å². The normalized spacial score (nSPS) is 15.6. The van der Waals surface area contributed by atoms with Crippen LogP contribution in [0.2, 0.25) is 0 Å². The van der Waals surface area contributed by atoms with Gasteiger partial charge in [0.05, 0.1) is 22.7 Å². The predicted octanol–water partition coefficient (Wildman–Crippen LogP) is 5.93. The first kappa shape index (κ1) is 28.7. The van der Waals surface area contributed by atoms with Crippen molar-refractivity contribution in [3.05, 3.63) is 112 Å². The Hall–Kier alpha value is -3.81. The first-order chi connectivity index (χ1) is 19.7. The van der Waals surface area contributed by atoms with E-state index in [4.69, 9.17) is 0 Å². The van der Waals surface area contributed by atoms with Crippen molar-refractivity contribution >= 4 is 16.7 Å². The zero-order chi connectivity index (χ0) is 29.1. The number of hydrogen-bond donors (Lipinski definition) is 1. The monoisotopic (exact) mass is 554 g/mol. The van der Waals surface area contributed by atoms with Gasteiger partial charge in [0, 0.05) is 49.3 Å². The largest absolute Gasteiger partial charge is 0.345 e. The van der Waals surface area contributed by atoms with Crippen LogP contribution in [-0.4, -0.2) is 52.0 Å². The molecule has 0 saturated carbocycles. The zero-order valence-electron chi connectivity index (χ0n) is 24.4. The summed E-state index contributed by atoms with van der Waals surface area (Å²) in [4.78, 5) is 33.0. The molecule has 1 aromatic heterocycles. The second kappa shape index (κ2) is 12.0. The quantitative estimate of drug-likeness (QED) is 0.308. The van der Waals surface area contributed by atoms with Crippen LogP contribution < -0.4 is 10.9 Å². The molecular formula is C34H39FN4O2. The fraction of sp³-hybridized carbons (Fsp3) is 0.353. The molecule has 0 aliphatic carbocycles. The van der Waals surface area contributed by atoms with Crippen molar-refractivity contribution in [3.8, 4) is 5.69 Å². The predicted molar refractivity (Wildman–Crippen MR) is 163 cm³/mol. The molecule has 3 aromatic carbocycles. The van der Waals surface area contributed by atoms with Gasteiger partial charge in [-0.2, -0.15) is 0 Å². The van der Waals surface area contributed by atoms with Crippen molar-refractivity contribution in [3.63, 3.8) is 0 Å². The van der Waals surface area contributed by atoms with E-state index in [1.54, 1.807) is 16.7 Å². The van der Waals surface area contributed by atoms with Crippen LogP contribution in [0.15, 0.2) is 83.7 Å². The Bertz CT molecular complexity index is 1570. The summed E-state index contributed by atoms with van der Waals surface area (Å²) in [5.41, 5.74) is 2.13. The van der Waals surface area contributed by atoms with Crippen LogP contribution >= 0.6 is 0 Å². The molecular weight excluding hydrogens is 515 g/mol. The number of aromatic nitrogens is 1. The number of halogens is 1. The van der Waals surface area contributed by atoms with Gasteiger partial charge in [0.1, 0.15) is 5.82 Å². The Labute approximate surface area is 241 Å². The van der Waals surface area contributed by atoms with Crippen LogP contribution in [0.3, 0.4) is 0 Å². The summed E-state index contributed by atoms with van der Waals surface area (Å²) in [6, 6.07) is 23.4. The highest BCUT2D eigenvalue weighted by molar-refractivity contribution is 6.08. The summed E-state index contributed by atoms with van der Waals surface area (Å²) < 4.78 is 16.9. The van der Waals surface area contributed by atoms with E-state index >= 15 is 4.39 Å². The van der Waals surface area contributed by atoms with Gasteiger partial charge in [0.25, 0.3) is 11.5 Å². The molecule has 0 spiro atoms. The third-order valence-electron chi connectivity index (χ3n) is 8.11. The third kappa shape index (κ3) is 5.97. The lowest BCUT2D eigenvalue weighted by Gasteiger charge is -2.42. The number of carbonyl (C=O) groups is 1. The van der Waals surface area contributed by atoms with Gasteiger partial charge in [-0.3, -0.25) is 24.0 Å². The lowest BCUT2D eigenvalue weighted by atomic mass is 9.99. The molecule has 1 saturated heterocycles. The van der Waals surface area contributed by atoms with Gasteiger partial charge >= 0.3 is 0 Å². The molecule has 1 aliphatic rings. The van der Waals surface area contributed by atoms with E-state index in [0.717, 1.165) is 31.7 Å². The maximum atomic E-state index is 15.4. The van der Waals surface area contributed by atoms with E-state index in [1.165, 1.54) is 6.07 Å². The average Bonchev–Trinajstić information content (AvgIpc) is 2.96. The van der Waals surface area contributed by atoms with Crippen LogP contribution in [0, 0.1) is 5.82 Å². The fourth-order valence-corrected chi connectivity index (χ4v) is 5.83. The SMILES string of the molecule is CC[C@H](NC(=O)c1c(CN2CCN(C(C)(C)C)CC2)n(-c2ccccc2)c(=O)c2c(F)cccc12)c1ccccc1. The molecule has 0 unspecified atom stereocenters. The topological polar surface area (TPSA) is 57.6 Å². The number of nitrogens with one attached hydrogen (secondary N) is 1. The highest BCUT2D eigenvalue weighted by Crippen LogP contribution is 2.28. The molecule has 214 valence electrons. The summed E-state index contributed by atoms with van der Waals surface area (Å²) in [7, 11) is 0. The summed E-state index contributed by atoms with van der Waals surface area (Å²) in [6.07, 6.45) is 0.685. The zero-order valence-corrected chi connectivity index (χ0v) is 24.4. The summed E-state index contributed by atoms with van der Waals surface area (Å²) in [5, 5.41) is 3.48. The second-order valence-electron chi connectivity index (χ2n) is 11.7. The number of nitrogens with zero attached hydrogens (tertiary/aromatic N) is 3. The van der Waals surface area contributed by atoms with Crippen molar-refractivity contribution < 1.29 is 9.18 Å². The van der Waals surface area contributed by atoms with E-state index in [2.05, 4.69) is 35.9 Å². The smallest absolute Gasteiger partial charge is 0.266 e. The van der Waals surface area contributed by atoms with Gasteiger partial charge in [0.15, 0.2) is 0 Å². The summed E-state index contributed by atoms with van der Waals surface area (Å²) in [6.45, 7) is 12.4. The number of fused-ring (bicyclic) bond motifs is 1. The number of carbonyl (C=O) groups excluding carboxylic acids is 1. The van der Waals surface area contributed by atoms with Gasteiger partial charge in [0.2, 0.25) is 0 Å². The molecule has 1 aliphatic heterocycles. The molecule has 1 atom stereocenters. The van der Waals surface area contributed by atoms with E-state index in [1.807, 2.05) is 67.6 Å². The van der Waals surface area contributed by atoms with Crippen LogP contribution in [0.5, 0.6) is 0 Å². The first-order valence-corrected chi connectivity index (χ1v) is 14.4. The van der Waals surface area contributed by atoms with Crippen molar-refractivity contribution in [1.82, 2.24) is 19.7 Å². The minimum absolute atomic E-state index is 0.0658. The molecule has 7 heteroatoms. The Kier molecular flexibility index (Phi) is 8.38. The number of benzene rings is 3. The van der Waals surface area contributed by atoms with Crippen LogP contribution in [0.4, 0.5) is 4.39 Å². The molecule has 1 N–H and O–H groups in total. The molecule has 0 radical (unpaired) electrons. The van der Waals surface area contributed by atoms with E-state index in [9.17, 15) is 9.59 Å². The van der Waals surface area contributed by atoms with Crippen molar-refractivity contribution in [2.24, 2.45) is 0 Å². The maximum absolute atomic E-state index is 15.4. The second-order valence-corrected chi connectivity index (χ2v) is 11.7. The number of amides is 1. The summed E-state index contributed by atoms with van der Waals surface area (Å²) >= 11 is 0. The first-order valence-electron chi connectivity index (χ1n) is 14.4.